The summed E-state index contributed by atoms with van der Waals surface area (Å²) >= 11 is 0. The third kappa shape index (κ3) is 3.93. The molecule has 8 nitrogen and oxygen atoms in total. The molecule has 0 aliphatic carbocycles. The number of carbonyl (C=O) groups excluding carboxylic acids is 3. The lowest BCUT2D eigenvalue weighted by atomic mass is 10.0. The molecule has 3 N–H and O–H groups in total. The van der Waals surface area contributed by atoms with E-state index in [-0.39, 0.29) is 24.1 Å². The summed E-state index contributed by atoms with van der Waals surface area (Å²) in [6, 6.07) is 13.6. The van der Waals surface area contributed by atoms with E-state index in [0.29, 0.717) is 25.1 Å². The van der Waals surface area contributed by atoms with Gasteiger partial charge in [-0.05, 0) is 41.8 Å². The predicted molar refractivity (Wildman–Crippen MR) is 121 cm³/mol. The summed E-state index contributed by atoms with van der Waals surface area (Å²) in [4.78, 5) is 40.9. The van der Waals surface area contributed by atoms with Crippen molar-refractivity contribution in [1.29, 1.82) is 0 Å². The highest BCUT2D eigenvalue weighted by atomic mass is 16.2. The number of amides is 3. The van der Waals surface area contributed by atoms with E-state index >= 15 is 0 Å². The molecule has 8 heteroatoms. The SMILES string of the molecule is O=C1CCC(N2Cc3cccc(CNc4ccc(N5CCNCC5)cc4)c3C2=O)C(=O)N1. The van der Waals surface area contributed by atoms with Gasteiger partial charge in [0.05, 0.1) is 0 Å². The second kappa shape index (κ2) is 8.63. The van der Waals surface area contributed by atoms with Crippen molar-refractivity contribution in [2.24, 2.45) is 0 Å². The van der Waals surface area contributed by atoms with Crippen molar-refractivity contribution in [3.63, 3.8) is 0 Å². The Hall–Kier alpha value is -3.39. The molecule has 3 amide bonds. The van der Waals surface area contributed by atoms with Crippen LogP contribution in [-0.2, 0) is 22.7 Å². The average Bonchev–Trinajstić information content (AvgIpc) is 3.15. The number of hydrogen-bond acceptors (Lipinski definition) is 6. The minimum absolute atomic E-state index is 0.138. The van der Waals surface area contributed by atoms with Crippen LogP contribution in [0, 0.1) is 0 Å². The predicted octanol–water partition coefficient (Wildman–Crippen LogP) is 1.47. The summed E-state index contributed by atoms with van der Waals surface area (Å²) in [6.07, 6.45) is 0.631. The molecule has 0 radical (unpaired) electrons. The van der Waals surface area contributed by atoms with Gasteiger partial charge in [-0.1, -0.05) is 18.2 Å². The Labute approximate surface area is 187 Å². The maximum absolute atomic E-state index is 13.2. The van der Waals surface area contributed by atoms with E-state index in [1.165, 1.54) is 5.69 Å². The van der Waals surface area contributed by atoms with E-state index in [0.717, 1.165) is 43.0 Å². The Morgan fingerprint density at radius 2 is 1.78 bits per heavy atom. The molecule has 2 aromatic rings. The van der Waals surface area contributed by atoms with Crippen molar-refractivity contribution in [3.8, 4) is 0 Å². The summed E-state index contributed by atoms with van der Waals surface area (Å²) in [5.41, 5.74) is 4.71. The zero-order valence-electron chi connectivity index (χ0n) is 17.9. The smallest absolute Gasteiger partial charge is 0.255 e. The first kappa shape index (κ1) is 20.5. The summed E-state index contributed by atoms with van der Waals surface area (Å²) in [6.45, 7) is 4.94. The zero-order valence-corrected chi connectivity index (χ0v) is 17.9. The van der Waals surface area contributed by atoms with Gasteiger partial charge in [0.1, 0.15) is 6.04 Å². The molecule has 0 spiro atoms. The van der Waals surface area contributed by atoms with E-state index < -0.39 is 6.04 Å². The number of rotatable bonds is 5. The lowest BCUT2D eigenvalue weighted by molar-refractivity contribution is -0.136. The van der Waals surface area contributed by atoms with Crippen molar-refractivity contribution >= 4 is 29.1 Å². The van der Waals surface area contributed by atoms with Crippen LogP contribution < -0.4 is 20.9 Å². The van der Waals surface area contributed by atoms with Gasteiger partial charge < -0.3 is 20.4 Å². The van der Waals surface area contributed by atoms with Crippen LogP contribution in [0.4, 0.5) is 11.4 Å². The van der Waals surface area contributed by atoms with Gasteiger partial charge >= 0.3 is 0 Å². The van der Waals surface area contributed by atoms with Crippen LogP contribution in [0.25, 0.3) is 0 Å². The van der Waals surface area contributed by atoms with Crippen molar-refractivity contribution in [2.75, 3.05) is 36.4 Å². The number of piperazine rings is 1. The molecule has 1 unspecified atom stereocenters. The van der Waals surface area contributed by atoms with Gasteiger partial charge in [0.15, 0.2) is 0 Å². The molecule has 2 saturated heterocycles. The second-order valence-electron chi connectivity index (χ2n) is 8.49. The fraction of sp³-hybridized carbons (Fsp3) is 0.375. The summed E-state index contributed by atoms with van der Waals surface area (Å²) in [5, 5.41) is 9.14. The van der Waals surface area contributed by atoms with Crippen molar-refractivity contribution in [2.45, 2.75) is 32.0 Å². The van der Waals surface area contributed by atoms with Crippen LogP contribution in [0.5, 0.6) is 0 Å². The molecule has 0 bridgehead atoms. The van der Waals surface area contributed by atoms with Gasteiger partial charge in [0, 0.05) is 62.6 Å². The first-order chi connectivity index (χ1) is 15.6. The molecule has 3 aliphatic heterocycles. The van der Waals surface area contributed by atoms with Crippen LogP contribution in [0.2, 0.25) is 0 Å². The van der Waals surface area contributed by atoms with E-state index in [4.69, 9.17) is 0 Å². The van der Waals surface area contributed by atoms with Crippen LogP contribution >= 0.6 is 0 Å². The normalized spacial score (nSPS) is 20.9. The number of fused-ring (bicyclic) bond motifs is 1. The van der Waals surface area contributed by atoms with Crippen LogP contribution in [0.3, 0.4) is 0 Å². The standard InChI is InChI=1S/C24H27N5O3/c30-21-9-8-20(23(31)27-21)29-15-17-3-1-2-16(22(17)24(29)32)14-26-18-4-6-19(7-5-18)28-12-10-25-11-13-28/h1-7,20,25-26H,8-15H2,(H,27,30,31). The number of imide groups is 1. The number of nitrogens with zero attached hydrogens (tertiary/aromatic N) is 2. The third-order valence-corrected chi connectivity index (χ3v) is 6.47. The minimum Gasteiger partial charge on any atom is -0.381 e. The van der Waals surface area contributed by atoms with Crippen molar-refractivity contribution in [3.05, 3.63) is 59.2 Å². The van der Waals surface area contributed by atoms with Gasteiger partial charge in [-0.3, -0.25) is 19.7 Å². The Morgan fingerprint density at radius 1 is 1.00 bits per heavy atom. The highest BCUT2D eigenvalue weighted by Gasteiger charge is 2.39. The number of carbonyl (C=O) groups is 3. The number of nitrogens with one attached hydrogen (secondary N) is 3. The van der Waals surface area contributed by atoms with Crippen molar-refractivity contribution < 1.29 is 14.4 Å². The lowest BCUT2D eigenvalue weighted by Crippen LogP contribution is -2.52. The first-order valence-corrected chi connectivity index (χ1v) is 11.2. The van der Waals surface area contributed by atoms with E-state index in [1.54, 1.807) is 4.90 Å². The Kier molecular flexibility index (Phi) is 5.53. The van der Waals surface area contributed by atoms with Crippen molar-refractivity contribution in [1.82, 2.24) is 15.5 Å². The van der Waals surface area contributed by atoms with Gasteiger partial charge in [-0.25, -0.2) is 0 Å². The highest BCUT2D eigenvalue weighted by Crippen LogP contribution is 2.30. The molecule has 0 aromatic heterocycles. The zero-order chi connectivity index (χ0) is 22.1. The number of anilines is 2. The minimum atomic E-state index is -0.592. The molecular weight excluding hydrogens is 406 g/mol. The molecule has 3 aliphatic rings. The average molecular weight is 434 g/mol. The maximum atomic E-state index is 13.2. The molecule has 32 heavy (non-hydrogen) atoms. The Balaban J connectivity index is 1.27. The number of piperidine rings is 1. The molecule has 166 valence electrons. The number of benzene rings is 2. The summed E-state index contributed by atoms with van der Waals surface area (Å²) in [7, 11) is 0. The van der Waals surface area contributed by atoms with Crippen LogP contribution in [0.15, 0.2) is 42.5 Å². The maximum Gasteiger partial charge on any atom is 0.255 e. The number of hydrogen-bond donors (Lipinski definition) is 3. The Bertz CT molecular complexity index is 1050. The van der Waals surface area contributed by atoms with E-state index in [1.807, 2.05) is 18.2 Å². The quantitative estimate of drug-likeness (QED) is 0.619. The first-order valence-electron chi connectivity index (χ1n) is 11.2. The fourth-order valence-electron chi connectivity index (χ4n) is 4.75. The highest BCUT2D eigenvalue weighted by molar-refractivity contribution is 6.06. The van der Waals surface area contributed by atoms with Crippen LogP contribution in [-0.4, -0.2) is 54.8 Å². The lowest BCUT2D eigenvalue weighted by Gasteiger charge is -2.29. The second-order valence-corrected chi connectivity index (χ2v) is 8.49. The molecular formula is C24H27N5O3. The van der Waals surface area contributed by atoms with Crippen LogP contribution in [0.1, 0.15) is 34.3 Å². The molecule has 5 rings (SSSR count). The largest absolute Gasteiger partial charge is 0.381 e. The van der Waals surface area contributed by atoms with Gasteiger partial charge in [0.2, 0.25) is 11.8 Å². The third-order valence-electron chi connectivity index (χ3n) is 6.47. The topological polar surface area (TPSA) is 93.8 Å². The van der Waals surface area contributed by atoms with E-state index in [2.05, 4.69) is 45.1 Å². The molecule has 0 saturated carbocycles. The summed E-state index contributed by atoms with van der Waals surface area (Å²) < 4.78 is 0. The monoisotopic (exact) mass is 433 g/mol. The Morgan fingerprint density at radius 3 is 2.53 bits per heavy atom. The molecule has 1 atom stereocenters. The van der Waals surface area contributed by atoms with Gasteiger partial charge in [-0.2, -0.15) is 0 Å². The van der Waals surface area contributed by atoms with E-state index in [9.17, 15) is 14.4 Å². The summed E-state index contributed by atoms with van der Waals surface area (Å²) in [5.74, 6) is -0.795. The fourth-order valence-corrected chi connectivity index (χ4v) is 4.75. The van der Waals surface area contributed by atoms with Gasteiger partial charge in [-0.15, -0.1) is 0 Å². The molecule has 3 heterocycles. The van der Waals surface area contributed by atoms with Gasteiger partial charge in [0.25, 0.3) is 5.91 Å². The molecule has 2 fully saturated rings. The molecule has 2 aromatic carbocycles.